The van der Waals surface area contributed by atoms with E-state index < -0.39 is 35.8 Å². The fourth-order valence-corrected chi connectivity index (χ4v) is 2.69. The van der Waals surface area contributed by atoms with Gasteiger partial charge in [0.2, 0.25) is 0 Å². The van der Waals surface area contributed by atoms with Crippen LogP contribution in [-0.2, 0) is 6.54 Å². The Hall–Kier alpha value is -3.41. The molecule has 32 heavy (non-hydrogen) atoms. The first-order chi connectivity index (χ1) is 14.9. The Morgan fingerprint density at radius 3 is 2.50 bits per heavy atom. The molecule has 1 atom stereocenters. The molecule has 3 aromatic rings. The molecule has 0 bridgehead atoms. The van der Waals surface area contributed by atoms with E-state index in [0.29, 0.717) is 6.92 Å². The SMILES string of the molecule is CC(=O)c1cc(-c2ncc(F)c(NCC(C)(O)C(F)(F)F)n2)nn1Cc1ccccc1F. The summed E-state index contributed by atoms with van der Waals surface area (Å²) in [4.78, 5) is 19.6. The standard InChI is InChI=1S/C20H18F5N5O2/c1-11(31)16-7-15(29-30(16)9-12-5-3-4-6-13(12)21)18-26-8-14(22)17(28-18)27-10-19(2,32)20(23,24)25/h3-8,32H,9-10H2,1-2H3,(H,26,27,28). The highest BCUT2D eigenvalue weighted by molar-refractivity contribution is 5.93. The van der Waals surface area contributed by atoms with Crippen molar-refractivity contribution < 1.29 is 31.9 Å². The summed E-state index contributed by atoms with van der Waals surface area (Å²) < 4.78 is 67.7. The van der Waals surface area contributed by atoms with E-state index in [0.717, 1.165) is 6.20 Å². The molecular weight excluding hydrogens is 437 g/mol. The van der Waals surface area contributed by atoms with Gasteiger partial charge in [-0.25, -0.2) is 18.7 Å². The molecule has 1 unspecified atom stereocenters. The number of alkyl halides is 3. The van der Waals surface area contributed by atoms with E-state index in [1.165, 1.54) is 35.9 Å². The number of nitrogens with zero attached hydrogens (tertiary/aromatic N) is 4. The van der Waals surface area contributed by atoms with Crippen LogP contribution in [0.5, 0.6) is 0 Å². The Morgan fingerprint density at radius 2 is 1.88 bits per heavy atom. The van der Waals surface area contributed by atoms with Gasteiger partial charge >= 0.3 is 6.18 Å². The number of benzene rings is 1. The highest BCUT2D eigenvalue weighted by Gasteiger charge is 2.49. The summed E-state index contributed by atoms with van der Waals surface area (Å²) in [5.41, 5.74) is -2.74. The Morgan fingerprint density at radius 1 is 1.19 bits per heavy atom. The number of aromatic nitrogens is 4. The summed E-state index contributed by atoms with van der Waals surface area (Å²) in [5.74, 6) is -2.71. The van der Waals surface area contributed by atoms with E-state index in [1.54, 1.807) is 6.07 Å². The second-order valence-corrected chi connectivity index (χ2v) is 7.24. The average molecular weight is 455 g/mol. The number of anilines is 1. The van der Waals surface area contributed by atoms with Crippen LogP contribution >= 0.6 is 0 Å². The normalized spacial score (nSPS) is 13.6. The number of aliphatic hydroxyl groups is 1. The van der Waals surface area contributed by atoms with E-state index in [4.69, 9.17) is 0 Å². The fraction of sp³-hybridized carbons (Fsp3) is 0.300. The predicted octanol–water partition coefficient (Wildman–Crippen LogP) is 3.59. The molecule has 0 fully saturated rings. The van der Waals surface area contributed by atoms with Gasteiger partial charge in [-0.05, 0) is 19.1 Å². The third-order valence-electron chi connectivity index (χ3n) is 4.60. The summed E-state index contributed by atoms with van der Waals surface area (Å²) in [5, 5.41) is 15.8. The summed E-state index contributed by atoms with van der Waals surface area (Å²) in [6.45, 7) is 0.659. The topological polar surface area (TPSA) is 92.9 Å². The van der Waals surface area contributed by atoms with Crippen molar-refractivity contribution in [3.05, 3.63) is 59.4 Å². The van der Waals surface area contributed by atoms with Gasteiger partial charge < -0.3 is 10.4 Å². The monoisotopic (exact) mass is 455 g/mol. The van der Waals surface area contributed by atoms with E-state index in [1.807, 2.05) is 0 Å². The molecule has 0 aliphatic rings. The number of ketones is 1. The molecule has 2 N–H and O–H groups in total. The van der Waals surface area contributed by atoms with Crippen molar-refractivity contribution in [3.8, 4) is 11.5 Å². The molecule has 0 aliphatic carbocycles. The molecule has 0 spiro atoms. The number of hydrogen-bond donors (Lipinski definition) is 2. The number of nitrogens with one attached hydrogen (secondary N) is 1. The smallest absolute Gasteiger partial charge is 0.379 e. The second kappa shape index (κ2) is 8.61. The number of carbonyl (C=O) groups is 1. The zero-order valence-electron chi connectivity index (χ0n) is 16.9. The fourth-order valence-electron chi connectivity index (χ4n) is 2.69. The number of carbonyl (C=O) groups excluding carboxylic acids is 1. The number of rotatable bonds is 7. The minimum absolute atomic E-state index is 0.0252. The second-order valence-electron chi connectivity index (χ2n) is 7.24. The lowest BCUT2D eigenvalue weighted by Gasteiger charge is -2.26. The van der Waals surface area contributed by atoms with Crippen molar-refractivity contribution in [2.75, 3.05) is 11.9 Å². The minimum Gasteiger partial charge on any atom is -0.379 e. The summed E-state index contributed by atoms with van der Waals surface area (Å²) >= 11 is 0. The molecule has 3 rings (SSSR count). The molecular formula is C20H18F5N5O2. The molecule has 12 heteroatoms. The van der Waals surface area contributed by atoms with Crippen molar-refractivity contribution in [1.29, 1.82) is 0 Å². The lowest BCUT2D eigenvalue weighted by molar-refractivity contribution is -0.246. The van der Waals surface area contributed by atoms with Crippen LogP contribution in [0.1, 0.15) is 29.9 Å². The van der Waals surface area contributed by atoms with Gasteiger partial charge in [-0.15, -0.1) is 0 Å². The lowest BCUT2D eigenvalue weighted by Crippen LogP contribution is -2.47. The summed E-state index contributed by atoms with van der Waals surface area (Å²) in [6.07, 6.45) is -4.23. The highest BCUT2D eigenvalue weighted by Crippen LogP contribution is 2.30. The third-order valence-corrected chi connectivity index (χ3v) is 4.60. The molecule has 0 saturated carbocycles. The Bertz CT molecular complexity index is 1140. The first kappa shape index (κ1) is 23.3. The molecule has 7 nitrogen and oxygen atoms in total. The highest BCUT2D eigenvalue weighted by atomic mass is 19.4. The molecule has 0 amide bonds. The average Bonchev–Trinajstić information content (AvgIpc) is 3.12. The largest absolute Gasteiger partial charge is 0.418 e. The van der Waals surface area contributed by atoms with Gasteiger partial charge in [-0.1, -0.05) is 18.2 Å². The maximum atomic E-state index is 14.0. The van der Waals surface area contributed by atoms with E-state index in [9.17, 15) is 31.9 Å². The summed E-state index contributed by atoms with van der Waals surface area (Å²) in [7, 11) is 0. The molecule has 1 aromatic carbocycles. The van der Waals surface area contributed by atoms with Crippen LogP contribution < -0.4 is 5.32 Å². The minimum atomic E-state index is -4.95. The van der Waals surface area contributed by atoms with Crippen molar-refractivity contribution >= 4 is 11.6 Å². The van der Waals surface area contributed by atoms with Crippen molar-refractivity contribution in [3.63, 3.8) is 0 Å². The zero-order valence-corrected chi connectivity index (χ0v) is 16.9. The Balaban J connectivity index is 1.92. The van der Waals surface area contributed by atoms with Crippen LogP contribution in [0, 0.1) is 11.6 Å². The number of hydrogen-bond acceptors (Lipinski definition) is 6. The third kappa shape index (κ3) is 4.90. The Labute approximate surface area is 178 Å². The van der Waals surface area contributed by atoms with Crippen LogP contribution in [0.2, 0.25) is 0 Å². The van der Waals surface area contributed by atoms with Crippen LogP contribution in [0.4, 0.5) is 27.8 Å². The van der Waals surface area contributed by atoms with Gasteiger partial charge in [-0.2, -0.15) is 18.3 Å². The van der Waals surface area contributed by atoms with Crippen LogP contribution in [-0.4, -0.2) is 49.0 Å². The van der Waals surface area contributed by atoms with Crippen molar-refractivity contribution in [2.24, 2.45) is 0 Å². The van der Waals surface area contributed by atoms with Gasteiger partial charge in [0.05, 0.1) is 19.3 Å². The van der Waals surface area contributed by atoms with Crippen LogP contribution in [0.15, 0.2) is 36.5 Å². The van der Waals surface area contributed by atoms with Gasteiger partial charge in [0.15, 0.2) is 28.8 Å². The molecule has 170 valence electrons. The molecule has 2 aromatic heterocycles. The van der Waals surface area contributed by atoms with E-state index >= 15 is 0 Å². The predicted molar refractivity (Wildman–Crippen MR) is 104 cm³/mol. The van der Waals surface area contributed by atoms with Crippen LogP contribution in [0.25, 0.3) is 11.5 Å². The molecule has 0 radical (unpaired) electrons. The van der Waals surface area contributed by atoms with Crippen molar-refractivity contribution in [2.45, 2.75) is 32.2 Å². The van der Waals surface area contributed by atoms with E-state index in [-0.39, 0.29) is 35.1 Å². The number of Topliss-reactive ketones (excluding diaryl/α,β-unsaturated/α-hetero) is 1. The lowest BCUT2D eigenvalue weighted by atomic mass is 10.1. The van der Waals surface area contributed by atoms with Gasteiger partial charge in [0.25, 0.3) is 0 Å². The quantitative estimate of drug-likeness (QED) is 0.418. The van der Waals surface area contributed by atoms with Crippen molar-refractivity contribution in [1.82, 2.24) is 19.7 Å². The first-order valence-electron chi connectivity index (χ1n) is 9.27. The molecule has 0 aliphatic heterocycles. The molecule has 2 heterocycles. The zero-order chi connectivity index (χ0) is 23.7. The first-order valence-corrected chi connectivity index (χ1v) is 9.27. The Kier molecular flexibility index (Phi) is 6.26. The number of halogens is 5. The molecule has 0 saturated heterocycles. The summed E-state index contributed by atoms with van der Waals surface area (Å²) in [6, 6.07) is 7.21. The van der Waals surface area contributed by atoms with Gasteiger partial charge in [-0.3, -0.25) is 9.48 Å². The van der Waals surface area contributed by atoms with Gasteiger partial charge in [0, 0.05) is 12.5 Å². The maximum Gasteiger partial charge on any atom is 0.418 e. The maximum absolute atomic E-state index is 14.0. The van der Waals surface area contributed by atoms with E-state index in [2.05, 4.69) is 20.4 Å². The van der Waals surface area contributed by atoms with Crippen LogP contribution in [0.3, 0.4) is 0 Å². The van der Waals surface area contributed by atoms with Gasteiger partial charge in [0.1, 0.15) is 17.2 Å².